The van der Waals surface area contributed by atoms with Crippen molar-refractivity contribution >= 4 is 10.0 Å². The minimum atomic E-state index is -3.65. The molecule has 0 saturated carbocycles. The van der Waals surface area contributed by atoms with Gasteiger partial charge in [0.2, 0.25) is 10.0 Å². The summed E-state index contributed by atoms with van der Waals surface area (Å²) in [5.41, 5.74) is 6.38. The van der Waals surface area contributed by atoms with Crippen LogP contribution in [-0.2, 0) is 10.0 Å². The first-order valence-corrected chi connectivity index (χ1v) is 8.31. The third-order valence-corrected chi connectivity index (χ3v) is 5.17. The van der Waals surface area contributed by atoms with E-state index >= 15 is 0 Å². The summed E-state index contributed by atoms with van der Waals surface area (Å²) >= 11 is 0. The summed E-state index contributed by atoms with van der Waals surface area (Å²) in [6.45, 7) is 5.82. The molecule has 0 bridgehead atoms. The summed E-state index contributed by atoms with van der Waals surface area (Å²) in [6, 6.07) is 3.40. The van der Waals surface area contributed by atoms with Crippen molar-refractivity contribution < 1.29 is 12.8 Å². The number of sulfonamides is 1. The first-order valence-electron chi connectivity index (χ1n) is 6.83. The molecule has 6 heteroatoms. The van der Waals surface area contributed by atoms with Crippen molar-refractivity contribution in [3.05, 3.63) is 29.6 Å². The fourth-order valence-corrected chi connectivity index (χ4v) is 3.56. The Kier molecular flexibility index (Phi) is 6.10. The average molecular weight is 302 g/mol. The van der Waals surface area contributed by atoms with Crippen molar-refractivity contribution in [1.29, 1.82) is 0 Å². The smallest absolute Gasteiger partial charge is 0.240 e. The highest BCUT2D eigenvalue weighted by atomic mass is 32.2. The van der Waals surface area contributed by atoms with Gasteiger partial charge in [-0.15, -0.1) is 0 Å². The second-order valence-corrected chi connectivity index (χ2v) is 6.74. The maximum absolute atomic E-state index is 13.0. The van der Waals surface area contributed by atoms with Crippen LogP contribution in [0, 0.1) is 18.7 Å². The standard InChI is InChI=1S/C14H23FN2O2S/c1-4-11(5-2)13(16)9-17-20(18,19)14-7-6-12(15)8-10(14)3/h6-8,11,13,17H,4-5,9,16H2,1-3H3. The van der Waals surface area contributed by atoms with Gasteiger partial charge in [-0.05, 0) is 36.6 Å². The highest BCUT2D eigenvalue weighted by Crippen LogP contribution is 2.16. The number of nitrogens with two attached hydrogens (primary N) is 1. The zero-order chi connectivity index (χ0) is 15.3. The lowest BCUT2D eigenvalue weighted by Crippen LogP contribution is -2.41. The molecule has 4 nitrogen and oxygen atoms in total. The van der Waals surface area contributed by atoms with Gasteiger partial charge in [-0.25, -0.2) is 17.5 Å². The average Bonchev–Trinajstić information content (AvgIpc) is 2.37. The van der Waals surface area contributed by atoms with Crippen LogP contribution in [0.25, 0.3) is 0 Å². The Hall–Kier alpha value is -0.980. The second kappa shape index (κ2) is 7.15. The fraction of sp³-hybridized carbons (Fsp3) is 0.571. The molecule has 0 aliphatic rings. The van der Waals surface area contributed by atoms with Gasteiger partial charge in [0, 0.05) is 12.6 Å². The van der Waals surface area contributed by atoms with Crippen LogP contribution in [0.4, 0.5) is 4.39 Å². The van der Waals surface area contributed by atoms with E-state index in [4.69, 9.17) is 5.73 Å². The quantitative estimate of drug-likeness (QED) is 0.811. The lowest BCUT2D eigenvalue weighted by atomic mass is 9.95. The van der Waals surface area contributed by atoms with Crippen LogP contribution in [0.3, 0.4) is 0 Å². The molecule has 1 unspecified atom stereocenters. The minimum absolute atomic E-state index is 0.0932. The molecule has 0 aliphatic heterocycles. The van der Waals surface area contributed by atoms with Gasteiger partial charge in [-0.2, -0.15) is 0 Å². The molecule has 0 fully saturated rings. The van der Waals surface area contributed by atoms with Gasteiger partial charge < -0.3 is 5.73 Å². The second-order valence-electron chi connectivity index (χ2n) is 5.00. The molecular formula is C14H23FN2O2S. The van der Waals surface area contributed by atoms with Crippen LogP contribution < -0.4 is 10.5 Å². The van der Waals surface area contributed by atoms with Crippen LogP contribution in [0.5, 0.6) is 0 Å². The predicted octanol–water partition coefficient (Wildman–Crippen LogP) is 2.18. The molecular weight excluding hydrogens is 279 g/mol. The molecule has 0 heterocycles. The van der Waals surface area contributed by atoms with E-state index in [9.17, 15) is 12.8 Å². The SMILES string of the molecule is CCC(CC)C(N)CNS(=O)(=O)c1ccc(F)cc1C. The maximum atomic E-state index is 13.0. The third kappa shape index (κ3) is 4.26. The molecule has 1 rings (SSSR count). The Morgan fingerprint density at radius 1 is 1.30 bits per heavy atom. The largest absolute Gasteiger partial charge is 0.326 e. The number of hydrogen-bond acceptors (Lipinski definition) is 3. The van der Waals surface area contributed by atoms with Crippen LogP contribution in [-0.4, -0.2) is 21.0 Å². The monoisotopic (exact) mass is 302 g/mol. The van der Waals surface area contributed by atoms with E-state index in [0.29, 0.717) is 5.56 Å². The predicted molar refractivity (Wildman–Crippen MR) is 78.4 cm³/mol. The van der Waals surface area contributed by atoms with E-state index < -0.39 is 15.8 Å². The van der Waals surface area contributed by atoms with Crippen molar-refractivity contribution in [2.24, 2.45) is 11.7 Å². The van der Waals surface area contributed by atoms with Crippen molar-refractivity contribution in [2.75, 3.05) is 6.54 Å². The number of aryl methyl sites for hydroxylation is 1. The van der Waals surface area contributed by atoms with Gasteiger partial charge in [0.25, 0.3) is 0 Å². The van der Waals surface area contributed by atoms with Crippen LogP contribution >= 0.6 is 0 Å². The van der Waals surface area contributed by atoms with E-state index in [0.717, 1.165) is 18.9 Å². The highest BCUT2D eigenvalue weighted by Gasteiger charge is 2.20. The molecule has 0 amide bonds. The lowest BCUT2D eigenvalue weighted by Gasteiger charge is -2.21. The Morgan fingerprint density at radius 2 is 1.90 bits per heavy atom. The number of hydrogen-bond donors (Lipinski definition) is 2. The number of benzene rings is 1. The Morgan fingerprint density at radius 3 is 2.40 bits per heavy atom. The Labute approximate surface area is 120 Å². The van der Waals surface area contributed by atoms with Gasteiger partial charge in [-0.1, -0.05) is 26.7 Å². The molecule has 0 saturated heterocycles. The highest BCUT2D eigenvalue weighted by molar-refractivity contribution is 7.89. The van der Waals surface area contributed by atoms with Gasteiger partial charge in [0.1, 0.15) is 5.82 Å². The molecule has 114 valence electrons. The molecule has 3 N–H and O–H groups in total. The summed E-state index contributed by atoms with van der Waals surface area (Å²) in [5, 5.41) is 0. The van der Waals surface area contributed by atoms with E-state index in [1.54, 1.807) is 6.92 Å². The molecule has 0 aliphatic carbocycles. The molecule has 0 spiro atoms. The van der Waals surface area contributed by atoms with Gasteiger partial charge in [0.15, 0.2) is 0 Å². The normalized spacial score (nSPS) is 13.7. The van der Waals surface area contributed by atoms with Crippen molar-refractivity contribution in [3.63, 3.8) is 0 Å². The molecule has 1 aromatic rings. The first-order chi connectivity index (χ1) is 9.31. The number of halogens is 1. The molecule has 20 heavy (non-hydrogen) atoms. The fourth-order valence-electron chi connectivity index (χ4n) is 2.26. The van der Waals surface area contributed by atoms with Crippen molar-refractivity contribution in [3.8, 4) is 0 Å². The van der Waals surface area contributed by atoms with E-state index in [2.05, 4.69) is 4.72 Å². The number of nitrogens with one attached hydrogen (secondary N) is 1. The topological polar surface area (TPSA) is 72.2 Å². The Balaban J connectivity index is 2.80. The van der Waals surface area contributed by atoms with Gasteiger partial charge >= 0.3 is 0 Å². The minimum Gasteiger partial charge on any atom is -0.326 e. The van der Waals surface area contributed by atoms with Crippen LogP contribution in [0.1, 0.15) is 32.3 Å². The molecule has 0 aromatic heterocycles. The zero-order valence-electron chi connectivity index (χ0n) is 12.2. The van der Waals surface area contributed by atoms with E-state index in [1.165, 1.54) is 12.1 Å². The van der Waals surface area contributed by atoms with Crippen molar-refractivity contribution in [2.45, 2.75) is 44.6 Å². The summed E-state index contributed by atoms with van der Waals surface area (Å²) in [6.07, 6.45) is 1.82. The first kappa shape index (κ1) is 17.1. The van der Waals surface area contributed by atoms with E-state index in [-0.39, 0.29) is 23.4 Å². The van der Waals surface area contributed by atoms with Crippen molar-refractivity contribution in [1.82, 2.24) is 4.72 Å². The van der Waals surface area contributed by atoms with Crippen LogP contribution in [0.15, 0.2) is 23.1 Å². The molecule has 1 atom stereocenters. The van der Waals surface area contributed by atoms with Gasteiger partial charge in [0.05, 0.1) is 4.90 Å². The Bertz CT molecular complexity index is 542. The van der Waals surface area contributed by atoms with Crippen LogP contribution in [0.2, 0.25) is 0 Å². The lowest BCUT2D eigenvalue weighted by molar-refractivity contribution is 0.392. The summed E-state index contributed by atoms with van der Waals surface area (Å²) in [7, 11) is -3.65. The summed E-state index contributed by atoms with van der Waals surface area (Å²) < 4.78 is 39.9. The van der Waals surface area contributed by atoms with E-state index in [1.807, 2.05) is 13.8 Å². The molecule has 1 aromatic carbocycles. The third-order valence-electron chi connectivity index (χ3n) is 3.59. The summed E-state index contributed by atoms with van der Waals surface area (Å²) in [4.78, 5) is 0.0932. The maximum Gasteiger partial charge on any atom is 0.240 e. The zero-order valence-corrected chi connectivity index (χ0v) is 13.0. The number of rotatable bonds is 7. The van der Waals surface area contributed by atoms with Gasteiger partial charge in [-0.3, -0.25) is 0 Å². The molecule has 0 radical (unpaired) electrons. The summed E-state index contributed by atoms with van der Waals surface area (Å²) in [5.74, 6) is -0.165.